The molecule has 0 saturated heterocycles. The van der Waals surface area contributed by atoms with E-state index in [1.165, 1.54) is 6.33 Å². The highest BCUT2D eigenvalue weighted by Gasteiger charge is 2.04. The Morgan fingerprint density at radius 1 is 1.22 bits per heavy atom. The Bertz CT molecular complexity index is 738. The number of H-pyrrole nitrogens is 1. The van der Waals surface area contributed by atoms with Crippen LogP contribution in [0.4, 0.5) is 11.5 Å². The molecule has 0 aliphatic rings. The zero-order chi connectivity index (χ0) is 12.4. The minimum Gasteiger partial charge on any atom is -0.346 e. The lowest BCUT2D eigenvalue weighted by molar-refractivity contribution is 1.20. The van der Waals surface area contributed by atoms with E-state index in [1.54, 1.807) is 12.1 Å². The third kappa shape index (κ3) is 1.76. The van der Waals surface area contributed by atoms with Crippen LogP contribution in [-0.2, 0) is 0 Å². The van der Waals surface area contributed by atoms with Gasteiger partial charge in [0.1, 0.15) is 17.8 Å². The molecule has 0 spiro atoms. The molecule has 0 bridgehead atoms. The van der Waals surface area contributed by atoms with Crippen molar-refractivity contribution < 1.29 is 0 Å². The molecule has 0 aliphatic heterocycles. The van der Waals surface area contributed by atoms with Crippen LogP contribution in [0.3, 0.4) is 0 Å². The summed E-state index contributed by atoms with van der Waals surface area (Å²) in [5.74, 6) is 0.719. The fourth-order valence-corrected chi connectivity index (χ4v) is 1.78. The van der Waals surface area contributed by atoms with Crippen molar-refractivity contribution in [3.8, 4) is 6.07 Å². The van der Waals surface area contributed by atoms with Crippen molar-refractivity contribution in [3.63, 3.8) is 0 Å². The predicted octanol–water partition coefficient (Wildman–Crippen LogP) is 2.57. The lowest BCUT2D eigenvalue weighted by atomic mass is 10.2. The number of nitrogens with zero attached hydrogens (tertiary/aromatic N) is 3. The standard InChI is InChI=1S/C13H9N5/c14-7-9-2-1-3-10(6-9)18-13-11-4-5-15-12(11)16-8-17-13/h1-6,8H,(H2,15,16,17,18). The van der Waals surface area contributed by atoms with Crippen LogP contribution in [0.5, 0.6) is 0 Å². The molecule has 18 heavy (non-hydrogen) atoms. The molecule has 0 fully saturated rings. The van der Waals surface area contributed by atoms with Crippen molar-refractivity contribution in [1.82, 2.24) is 15.0 Å². The van der Waals surface area contributed by atoms with Crippen molar-refractivity contribution >= 4 is 22.5 Å². The second kappa shape index (κ2) is 4.18. The van der Waals surface area contributed by atoms with Crippen LogP contribution in [0.25, 0.3) is 11.0 Å². The van der Waals surface area contributed by atoms with Crippen LogP contribution < -0.4 is 5.32 Å². The molecule has 0 radical (unpaired) electrons. The maximum absolute atomic E-state index is 8.86. The summed E-state index contributed by atoms with van der Waals surface area (Å²) in [4.78, 5) is 11.3. The summed E-state index contributed by atoms with van der Waals surface area (Å²) < 4.78 is 0. The number of benzene rings is 1. The van der Waals surface area contributed by atoms with Crippen molar-refractivity contribution in [2.75, 3.05) is 5.32 Å². The number of nitrogens with one attached hydrogen (secondary N) is 2. The number of rotatable bonds is 2. The first-order valence-electron chi connectivity index (χ1n) is 5.42. The van der Waals surface area contributed by atoms with Gasteiger partial charge in [0.05, 0.1) is 17.0 Å². The normalized spacial score (nSPS) is 10.2. The van der Waals surface area contributed by atoms with Crippen molar-refractivity contribution in [1.29, 1.82) is 5.26 Å². The van der Waals surface area contributed by atoms with Crippen molar-refractivity contribution in [2.45, 2.75) is 0 Å². The maximum atomic E-state index is 8.86. The molecule has 2 heterocycles. The lowest BCUT2D eigenvalue weighted by Crippen LogP contribution is -1.95. The highest BCUT2D eigenvalue weighted by atomic mass is 15.0. The molecular formula is C13H9N5. The van der Waals surface area contributed by atoms with E-state index in [0.717, 1.165) is 22.5 Å². The fourth-order valence-electron chi connectivity index (χ4n) is 1.78. The second-order valence-electron chi connectivity index (χ2n) is 3.78. The number of hydrogen-bond donors (Lipinski definition) is 2. The Hall–Kier alpha value is -2.87. The van der Waals surface area contributed by atoms with Crippen molar-refractivity contribution in [3.05, 3.63) is 48.4 Å². The Labute approximate surface area is 103 Å². The summed E-state index contributed by atoms with van der Waals surface area (Å²) in [6.45, 7) is 0. The van der Waals surface area contributed by atoms with Gasteiger partial charge in [-0.15, -0.1) is 0 Å². The number of fused-ring (bicyclic) bond motifs is 1. The topological polar surface area (TPSA) is 77.4 Å². The van der Waals surface area contributed by atoms with Crippen LogP contribution in [0, 0.1) is 11.3 Å². The Morgan fingerprint density at radius 3 is 3.06 bits per heavy atom. The number of hydrogen-bond acceptors (Lipinski definition) is 4. The third-order valence-electron chi connectivity index (χ3n) is 2.61. The zero-order valence-corrected chi connectivity index (χ0v) is 9.38. The maximum Gasteiger partial charge on any atom is 0.143 e. The van der Waals surface area contributed by atoms with Gasteiger partial charge in [0.2, 0.25) is 0 Å². The summed E-state index contributed by atoms with van der Waals surface area (Å²) in [6, 6.07) is 11.3. The van der Waals surface area contributed by atoms with Crippen molar-refractivity contribution in [2.24, 2.45) is 0 Å². The number of aromatic amines is 1. The van der Waals surface area contributed by atoms with Gasteiger partial charge in [0, 0.05) is 11.9 Å². The quantitative estimate of drug-likeness (QED) is 0.715. The van der Waals surface area contributed by atoms with Gasteiger partial charge in [-0.25, -0.2) is 9.97 Å². The minimum absolute atomic E-state index is 0.611. The summed E-state index contributed by atoms with van der Waals surface area (Å²) in [6.07, 6.45) is 3.31. The van der Waals surface area contributed by atoms with Gasteiger partial charge in [0.15, 0.2) is 0 Å². The summed E-state index contributed by atoms with van der Waals surface area (Å²) in [5, 5.41) is 13.0. The van der Waals surface area contributed by atoms with E-state index in [-0.39, 0.29) is 0 Å². The first-order chi connectivity index (χ1) is 8.86. The van der Waals surface area contributed by atoms with Gasteiger partial charge in [-0.1, -0.05) is 6.07 Å². The summed E-state index contributed by atoms with van der Waals surface area (Å²) >= 11 is 0. The molecule has 3 rings (SSSR count). The van der Waals surface area contributed by atoms with Crippen LogP contribution in [0.1, 0.15) is 5.56 Å². The van der Waals surface area contributed by atoms with Crippen LogP contribution in [0.15, 0.2) is 42.9 Å². The molecule has 86 valence electrons. The molecule has 5 heteroatoms. The van der Waals surface area contributed by atoms with E-state index in [9.17, 15) is 0 Å². The Morgan fingerprint density at radius 2 is 2.17 bits per heavy atom. The van der Waals surface area contributed by atoms with Gasteiger partial charge < -0.3 is 10.3 Å². The monoisotopic (exact) mass is 235 g/mol. The van der Waals surface area contributed by atoms with Gasteiger partial charge in [-0.2, -0.15) is 5.26 Å². The fraction of sp³-hybridized carbons (Fsp3) is 0. The predicted molar refractivity (Wildman–Crippen MR) is 68.3 cm³/mol. The largest absolute Gasteiger partial charge is 0.346 e. The highest BCUT2D eigenvalue weighted by molar-refractivity contribution is 5.88. The molecule has 5 nitrogen and oxygen atoms in total. The van der Waals surface area contributed by atoms with E-state index in [1.807, 2.05) is 24.4 Å². The molecule has 2 N–H and O–H groups in total. The molecule has 2 aromatic heterocycles. The van der Waals surface area contributed by atoms with Crippen LogP contribution in [-0.4, -0.2) is 15.0 Å². The number of anilines is 2. The van der Waals surface area contributed by atoms with E-state index < -0.39 is 0 Å². The van der Waals surface area contributed by atoms with Crippen LogP contribution >= 0.6 is 0 Å². The molecule has 0 atom stereocenters. The van der Waals surface area contributed by atoms with E-state index >= 15 is 0 Å². The third-order valence-corrected chi connectivity index (χ3v) is 2.61. The molecule has 0 amide bonds. The van der Waals surface area contributed by atoms with Gasteiger partial charge in [0.25, 0.3) is 0 Å². The molecule has 0 aliphatic carbocycles. The first-order valence-corrected chi connectivity index (χ1v) is 5.42. The van der Waals surface area contributed by atoms with E-state index in [4.69, 9.17) is 5.26 Å². The minimum atomic E-state index is 0.611. The average molecular weight is 235 g/mol. The lowest BCUT2D eigenvalue weighted by Gasteiger charge is -2.06. The molecule has 0 unspecified atom stereocenters. The molecule has 0 saturated carbocycles. The second-order valence-corrected chi connectivity index (χ2v) is 3.78. The van der Waals surface area contributed by atoms with E-state index in [0.29, 0.717) is 5.56 Å². The molecule has 1 aromatic carbocycles. The summed E-state index contributed by atoms with van der Waals surface area (Å²) in [5.41, 5.74) is 2.22. The Kier molecular flexibility index (Phi) is 2.39. The molecule has 3 aromatic rings. The Balaban J connectivity index is 2.01. The van der Waals surface area contributed by atoms with Crippen LogP contribution in [0.2, 0.25) is 0 Å². The SMILES string of the molecule is N#Cc1cccc(Nc2ncnc3[nH]ccc23)c1. The summed E-state index contributed by atoms with van der Waals surface area (Å²) in [7, 11) is 0. The van der Waals surface area contributed by atoms with Gasteiger partial charge >= 0.3 is 0 Å². The smallest absolute Gasteiger partial charge is 0.143 e. The number of nitriles is 1. The zero-order valence-electron chi connectivity index (χ0n) is 9.38. The van der Waals surface area contributed by atoms with Gasteiger partial charge in [-0.05, 0) is 24.3 Å². The first kappa shape index (κ1) is 10.3. The van der Waals surface area contributed by atoms with Gasteiger partial charge in [-0.3, -0.25) is 0 Å². The highest BCUT2D eigenvalue weighted by Crippen LogP contribution is 2.22. The average Bonchev–Trinajstić information content (AvgIpc) is 2.88. The number of aromatic nitrogens is 3. The molecular weight excluding hydrogens is 226 g/mol. The van der Waals surface area contributed by atoms with E-state index in [2.05, 4.69) is 26.3 Å².